The molecule has 1 aromatic carbocycles. The first kappa shape index (κ1) is 20.9. The number of rotatable bonds is 3. The molecule has 5 nitrogen and oxygen atoms in total. The Labute approximate surface area is 175 Å². The number of nitrogens with one attached hydrogen (secondary N) is 1. The molecule has 3 aromatic heterocycles. The minimum Gasteiger partial charge on any atom is -0.324 e. The summed E-state index contributed by atoms with van der Waals surface area (Å²) in [6.07, 6.45) is -6.59. The minimum atomic E-state index is -4.64. The third-order valence-corrected chi connectivity index (χ3v) is 4.63. The number of benzene rings is 1. The second kappa shape index (κ2) is 7.41. The number of alkyl halides is 6. The summed E-state index contributed by atoms with van der Waals surface area (Å²) in [5.74, 6) is 0.111. The van der Waals surface area contributed by atoms with Crippen LogP contribution < -0.4 is 5.32 Å². The van der Waals surface area contributed by atoms with Crippen molar-refractivity contribution in [2.45, 2.75) is 12.4 Å². The van der Waals surface area contributed by atoms with Crippen molar-refractivity contribution in [1.82, 2.24) is 19.6 Å². The Morgan fingerprint density at radius 1 is 0.903 bits per heavy atom. The number of anilines is 2. The summed E-state index contributed by atoms with van der Waals surface area (Å²) < 4.78 is 79.4. The fourth-order valence-corrected chi connectivity index (χ4v) is 3.14. The average Bonchev–Trinajstić information content (AvgIpc) is 3.08. The molecule has 0 atom stereocenters. The van der Waals surface area contributed by atoms with Crippen LogP contribution in [0.25, 0.3) is 16.9 Å². The van der Waals surface area contributed by atoms with Crippen molar-refractivity contribution < 1.29 is 26.3 Å². The molecule has 0 unspecified atom stereocenters. The molecule has 1 N–H and O–H groups in total. The first-order valence-electron chi connectivity index (χ1n) is 8.55. The van der Waals surface area contributed by atoms with E-state index in [9.17, 15) is 26.3 Å². The van der Waals surface area contributed by atoms with Crippen LogP contribution in [0.2, 0.25) is 5.02 Å². The van der Waals surface area contributed by atoms with Crippen molar-refractivity contribution in [1.29, 1.82) is 0 Å². The predicted octanol–water partition coefficient (Wildman–Crippen LogP) is 6.23. The zero-order valence-electron chi connectivity index (χ0n) is 15.1. The van der Waals surface area contributed by atoms with E-state index in [1.54, 1.807) is 0 Å². The molecule has 0 saturated heterocycles. The summed E-state index contributed by atoms with van der Waals surface area (Å²) in [5, 5.41) is 10.5. The van der Waals surface area contributed by atoms with E-state index in [4.69, 9.17) is 11.6 Å². The zero-order valence-corrected chi connectivity index (χ0v) is 15.9. The SMILES string of the molecule is FC(F)(F)c1ccc(Nc2nnc3cc(-c4ncccc4C(F)(F)F)c(Cl)cn23)cc1. The van der Waals surface area contributed by atoms with Gasteiger partial charge >= 0.3 is 12.4 Å². The van der Waals surface area contributed by atoms with Crippen LogP contribution in [-0.4, -0.2) is 19.6 Å². The van der Waals surface area contributed by atoms with Crippen LogP contribution in [0, 0.1) is 0 Å². The Hall–Kier alpha value is -3.34. The van der Waals surface area contributed by atoms with Gasteiger partial charge in [-0.3, -0.25) is 9.38 Å². The minimum absolute atomic E-state index is 0.00979. The van der Waals surface area contributed by atoms with E-state index in [-0.39, 0.29) is 27.9 Å². The van der Waals surface area contributed by atoms with Crippen molar-refractivity contribution in [3.63, 3.8) is 0 Å². The van der Waals surface area contributed by atoms with E-state index in [0.717, 1.165) is 18.2 Å². The average molecular weight is 458 g/mol. The summed E-state index contributed by atoms with van der Waals surface area (Å²) in [6.45, 7) is 0. The first-order chi connectivity index (χ1) is 14.5. The maximum absolute atomic E-state index is 13.3. The maximum atomic E-state index is 13.3. The standard InChI is InChI=1S/C19H10ClF6N5/c20-14-9-31-15(8-12(14)16-13(19(24,25)26)2-1-7-27-16)29-30-17(31)28-11-5-3-10(4-6-11)18(21,22)23/h1-9H,(H,28,30). The van der Waals surface area contributed by atoms with E-state index in [0.29, 0.717) is 5.69 Å². The highest BCUT2D eigenvalue weighted by Crippen LogP contribution is 2.38. The van der Waals surface area contributed by atoms with Crippen molar-refractivity contribution in [2.75, 3.05) is 5.32 Å². The summed E-state index contributed by atoms with van der Waals surface area (Å²) in [4.78, 5) is 3.82. The number of nitrogens with zero attached hydrogens (tertiary/aromatic N) is 4. The molecule has 0 radical (unpaired) electrons. The number of pyridine rings is 2. The molecule has 0 fully saturated rings. The number of hydrogen-bond donors (Lipinski definition) is 1. The van der Waals surface area contributed by atoms with Crippen LogP contribution in [-0.2, 0) is 12.4 Å². The fraction of sp³-hybridized carbons (Fsp3) is 0.105. The lowest BCUT2D eigenvalue weighted by Gasteiger charge is -2.13. The van der Waals surface area contributed by atoms with Crippen LogP contribution in [0.15, 0.2) is 54.9 Å². The number of hydrogen-bond acceptors (Lipinski definition) is 4. The van der Waals surface area contributed by atoms with Gasteiger partial charge in [0, 0.05) is 23.6 Å². The first-order valence-corrected chi connectivity index (χ1v) is 8.93. The van der Waals surface area contributed by atoms with Crippen molar-refractivity contribution in [3.05, 3.63) is 71.0 Å². The van der Waals surface area contributed by atoms with Gasteiger partial charge < -0.3 is 5.32 Å². The zero-order chi connectivity index (χ0) is 22.4. The lowest BCUT2D eigenvalue weighted by atomic mass is 10.1. The molecule has 31 heavy (non-hydrogen) atoms. The molecule has 3 heterocycles. The molecule has 160 valence electrons. The Bertz CT molecular complexity index is 1250. The maximum Gasteiger partial charge on any atom is 0.418 e. The summed E-state index contributed by atoms with van der Waals surface area (Å²) in [5.41, 5.74) is -1.66. The van der Waals surface area contributed by atoms with E-state index in [1.165, 1.54) is 41.1 Å². The van der Waals surface area contributed by atoms with Crippen molar-refractivity contribution >= 4 is 28.9 Å². The molecule has 0 spiro atoms. The monoisotopic (exact) mass is 457 g/mol. The lowest BCUT2D eigenvalue weighted by Crippen LogP contribution is -2.08. The fourth-order valence-electron chi connectivity index (χ4n) is 2.90. The van der Waals surface area contributed by atoms with Gasteiger partial charge in [-0.25, -0.2) is 0 Å². The van der Waals surface area contributed by atoms with Gasteiger partial charge in [0.05, 0.1) is 21.8 Å². The van der Waals surface area contributed by atoms with Crippen molar-refractivity contribution in [2.24, 2.45) is 0 Å². The van der Waals surface area contributed by atoms with Crippen molar-refractivity contribution in [3.8, 4) is 11.3 Å². The molecular weight excluding hydrogens is 448 g/mol. The second-order valence-corrected chi connectivity index (χ2v) is 6.79. The van der Waals surface area contributed by atoms with Gasteiger partial charge in [-0.05, 0) is 42.5 Å². The van der Waals surface area contributed by atoms with Gasteiger partial charge in [-0.1, -0.05) is 11.6 Å². The second-order valence-electron chi connectivity index (χ2n) is 6.38. The number of aromatic nitrogens is 4. The van der Waals surface area contributed by atoms with Gasteiger partial charge in [-0.2, -0.15) is 26.3 Å². The Kier molecular flexibility index (Phi) is 5.00. The Balaban J connectivity index is 1.71. The molecule has 0 saturated carbocycles. The van der Waals surface area contributed by atoms with Gasteiger partial charge in [0.1, 0.15) is 0 Å². The molecule has 0 aliphatic rings. The topological polar surface area (TPSA) is 55.1 Å². The third-order valence-electron chi connectivity index (χ3n) is 4.33. The van der Waals surface area contributed by atoms with Gasteiger partial charge in [0.15, 0.2) is 5.65 Å². The van der Waals surface area contributed by atoms with E-state index < -0.39 is 23.5 Å². The van der Waals surface area contributed by atoms with Crippen LogP contribution in [0.4, 0.5) is 38.0 Å². The van der Waals surface area contributed by atoms with E-state index >= 15 is 0 Å². The molecule has 0 aliphatic carbocycles. The Morgan fingerprint density at radius 3 is 2.26 bits per heavy atom. The highest BCUT2D eigenvalue weighted by Gasteiger charge is 2.35. The third kappa shape index (κ3) is 4.13. The van der Waals surface area contributed by atoms with Gasteiger partial charge in [0.25, 0.3) is 0 Å². The van der Waals surface area contributed by atoms with Gasteiger partial charge in [-0.15, -0.1) is 10.2 Å². The predicted molar refractivity (Wildman–Crippen MR) is 101 cm³/mol. The highest BCUT2D eigenvalue weighted by molar-refractivity contribution is 6.33. The number of halogens is 7. The molecule has 0 bridgehead atoms. The van der Waals surface area contributed by atoms with Crippen LogP contribution >= 0.6 is 11.6 Å². The molecule has 0 amide bonds. The molecule has 4 rings (SSSR count). The summed E-state index contributed by atoms with van der Waals surface area (Å²) in [6, 6.07) is 7.58. The molecule has 4 aromatic rings. The molecule has 0 aliphatic heterocycles. The van der Waals surface area contributed by atoms with Gasteiger partial charge in [0.2, 0.25) is 5.95 Å². The highest BCUT2D eigenvalue weighted by atomic mass is 35.5. The normalized spacial score (nSPS) is 12.4. The summed E-state index contributed by atoms with van der Waals surface area (Å²) in [7, 11) is 0. The van der Waals surface area contributed by atoms with Crippen LogP contribution in [0.1, 0.15) is 11.1 Å². The lowest BCUT2D eigenvalue weighted by molar-refractivity contribution is -0.138. The largest absolute Gasteiger partial charge is 0.418 e. The van der Waals surface area contributed by atoms with Crippen LogP contribution in [0.5, 0.6) is 0 Å². The van der Waals surface area contributed by atoms with Crippen LogP contribution in [0.3, 0.4) is 0 Å². The quantitative estimate of drug-likeness (QED) is 0.371. The molecular formula is C19H10ClF6N5. The van der Waals surface area contributed by atoms with E-state index in [2.05, 4.69) is 20.5 Å². The van der Waals surface area contributed by atoms with E-state index in [1.807, 2.05) is 0 Å². The molecule has 12 heteroatoms. The Morgan fingerprint density at radius 2 is 1.61 bits per heavy atom. The summed E-state index contributed by atoms with van der Waals surface area (Å²) >= 11 is 6.23. The number of fused-ring (bicyclic) bond motifs is 1. The smallest absolute Gasteiger partial charge is 0.324 e.